The van der Waals surface area contributed by atoms with Crippen molar-refractivity contribution in [3.63, 3.8) is 0 Å². The molecule has 2 rings (SSSR count). The van der Waals surface area contributed by atoms with Crippen molar-refractivity contribution in [2.24, 2.45) is 0 Å². The Labute approximate surface area is 123 Å². The number of benzene rings is 1. The van der Waals surface area contributed by atoms with Gasteiger partial charge in [-0.2, -0.15) is 0 Å². The molecule has 0 saturated carbocycles. The van der Waals surface area contributed by atoms with Crippen molar-refractivity contribution >= 4 is 27.0 Å². The number of hydrogen-bond acceptors (Lipinski definition) is 4. The lowest BCUT2D eigenvalue weighted by atomic mass is 10.2. The van der Waals surface area contributed by atoms with E-state index < -0.39 is 15.6 Å². The lowest BCUT2D eigenvalue weighted by Crippen LogP contribution is -2.17. The highest BCUT2D eigenvalue weighted by Gasteiger charge is 2.19. The number of aryl methyl sites for hydroxylation is 1. The molecule has 0 spiro atoms. The van der Waals surface area contributed by atoms with Crippen molar-refractivity contribution in [3.05, 3.63) is 57.8 Å². The van der Waals surface area contributed by atoms with Gasteiger partial charge in [-0.05, 0) is 24.1 Å². The van der Waals surface area contributed by atoms with Gasteiger partial charge in [0, 0.05) is 4.88 Å². The summed E-state index contributed by atoms with van der Waals surface area (Å²) in [6.07, 6.45) is 0.856. The molecule has 0 saturated heterocycles. The zero-order chi connectivity index (χ0) is 14.6. The quantitative estimate of drug-likeness (QED) is 0.771. The van der Waals surface area contributed by atoms with E-state index in [1.54, 1.807) is 30.3 Å². The van der Waals surface area contributed by atoms with Gasteiger partial charge in [-0.3, -0.25) is 4.79 Å². The minimum absolute atomic E-state index is 0.0917. The molecular formula is C15H16O3S2. The van der Waals surface area contributed by atoms with Crippen LogP contribution in [0, 0.1) is 0 Å². The standard InChI is InChI=1S/C15H16O3S2/c1-2-13-8-9-15(19-13)14(16)11-20(17,18)10-12-6-4-3-5-7-12/h3-9H,2,10-11H2,1H3. The maximum atomic E-state index is 12.0. The van der Waals surface area contributed by atoms with Crippen molar-refractivity contribution in [1.82, 2.24) is 0 Å². The van der Waals surface area contributed by atoms with Crippen molar-refractivity contribution < 1.29 is 13.2 Å². The van der Waals surface area contributed by atoms with E-state index in [2.05, 4.69) is 0 Å². The first-order valence-electron chi connectivity index (χ1n) is 6.36. The number of thiophene rings is 1. The van der Waals surface area contributed by atoms with Crippen molar-refractivity contribution in [2.45, 2.75) is 19.1 Å². The largest absolute Gasteiger partial charge is 0.292 e. The number of carbonyl (C=O) groups is 1. The van der Waals surface area contributed by atoms with E-state index in [1.165, 1.54) is 11.3 Å². The monoisotopic (exact) mass is 308 g/mol. The third-order valence-corrected chi connectivity index (χ3v) is 5.61. The van der Waals surface area contributed by atoms with Gasteiger partial charge in [0.15, 0.2) is 15.6 Å². The molecule has 1 aromatic carbocycles. The molecule has 0 radical (unpaired) electrons. The van der Waals surface area contributed by atoms with Crippen LogP contribution < -0.4 is 0 Å². The Morgan fingerprint density at radius 2 is 1.80 bits per heavy atom. The van der Waals surface area contributed by atoms with Crippen LogP contribution >= 0.6 is 11.3 Å². The molecule has 0 aliphatic carbocycles. The number of ketones is 1. The minimum Gasteiger partial charge on any atom is -0.292 e. The van der Waals surface area contributed by atoms with Crippen LogP contribution in [-0.4, -0.2) is 20.0 Å². The van der Waals surface area contributed by atoms with Crippen LogP contribution in [0.3, 0.4) is 0 Å². The Morgan fingerprint density at radius 3 is 2.40 bits per heavy atom. The first kappa shape index (κ1) is 14.9. The van der Waals surface area contributed by atoms with Gasteiger partial charge in [-0.25, -0.2) is 8.42 Å². The van der Waals surface area contributed by atoms with E-state index in [4.69, 9.17) is 0 Å². The summed E-state index contributed by atoms with van der Waals surface area (Å²) >= 11 is 1.37. The molecule has 5 heteroatoms. The number of sulfone groups is 1. The molecule has 0 aliphatic rings. The highest BCUT2D eigenvalue weighted by Crippen LogP contribution is 2.18. The van der Waals surface area contributed by atoms with Crippen LogP contribution in [0.4, 0.5) is 0 Å². The van der Waals surface area contributed by atoms with Crippen LogP contribution in [0.15, 0.2) is 42.5 Å². The average molecular weight is 308 g/mol. The Hall–Kier alpha value is -1.46. The fourth-order valence-electron chi connectivity index (χ4n) is 1.87. The summed E-state index contributed by atoms with van der Waals surface area (Å²) in [7, 11) is -3.42. The van der Waals surface area contributed by atoms with Gasteiger partial charge in [0.1, 0.15) is 5.75 Å². The van der Waals surface area contributed by atoms with Gasteiger partial charge in [0.25, 0.3) is 0 Å². The van der Waals surface area contributed by atoms with Crippen LogP contribution in [0.1, 0.15) is 27.0 Å². The molecule has 106 valence electrons. The smallest absolute Gasteiger partial charge is 0.187 e. The molecule has 20 heavy (non-hydrogen) atoms. The second-order valence-corrected chi connectivity index (χ2v) is 7.79. The Kier molecular flexibility index (Phi) is 4.73. The van der Waals surface area contributed by atoms with E-state index in [9.17, 15) is 13.2 Å². The summed E-state index contributed by atoms with van der Waals surface area (Å²) in [6.45, 7) is 2.01. The summed E-state index contributed by atoms with van der Waals surface area (Å²) in [6, 6.07) is 12.5. The SMILES string of the molecule is CCc1ccc(C(=O)CS(=O)(=O)Cc2ccccc2)s1. The highest BCUT2D eigenvalue weighted by atomic mass is 32.2. The number of hydrogen-bond donors (Lipinski definition) is 0. The lowest BCUT2D eigenvalue weighted by molar-refractivity contribution is 0.102. The number of rotatable bonds is 6. The predicted octanol–water partition coefficient (Wildman–Crippen LogP) is 3.11. The summed E-state index contributed by atoms with van der Waals surface area (Å²) in [5, 5.41) is 0. The van der Waals surface area contributed by atoms with E-state index in [0.29, 0.717) is 10.4 Å². The molecule has 0 bridgehead atoms. The third kappa shape index (κ3) is 4.02. The van der Waals surface area contributed by atoms with Crippen molar-refractivity contribution in [3.8, 4) is 0 Å². The number of carbonyl (C=O) groups excluding carboxylic acids is 1. The van der Waals surface area contributed by atoms with Gasteiger partial charge >= 0.3 is 0 Å². The maximum Gasteiger partial charge on any atom is 0.187 e. The van der Waals surface area contributed by atoms with Crippen LogP contribution in [0.25, 0.3) is 0 Å². The highest BCUT2D eigenvalue weighted by molar-refractivity contribution is 7.91. The van der Waals surface area contributed by atoms with E-state index in [1.807, 2.05) is 19.1 Å². The first-order chi connectivity index (χ1) is 9.50. The second kappa shape index (κ2) is 6.33. The fraction of sp³-hybridized carbons (Fsp3) is 0.267. The molecule has 2 aromatic rings. The van der Waals surface area contributed by atoms with E-state index in [-0.39, 0.29) is 11.5 Å². The molecule has 3 nitrogen and oxygen atoms in total. The molecular weight excluding hydrogens is 292 g/mol. The van der Waals surface area contributed by atoms with Gasteiger partial charge < -0.3 is 0 Å². The molecule has 0 unspecified atom stereocenters. The maximum absolute atomic E-state index is 12.0. The van der Waals surface area contributed by atoms with Crippen LogP contribution in [-0.2, 0) is 22.0 Å². The van der Waals surface area contributed by atoms with Crippen LogP contribution in [0.5, 0.6) is 0 Å². The minimum atomic E-state index is -3.42. The zero-order valence-electron chi connectivity index (χ0n) is 11.2. The fourth-order valence-corrected chi connectivity index (χ4v) is 4.20. The zero-order valence-corrected chi connectivity index (χ0v) is 12.8. The molecule has 0 aliphatic heterocycles. The molecule has 0 N–H and O–H groups in total. The normalized spacial score (nSPS) is 11.4. The molecule has 1 aromatic heterocycles. The number of Topliss-reactive ketones (excluding diaryl/α,β-unsaturated/α-hetero) is 1. The molecule has 1 heterocycles. The summed E-state index contributed by atoms with van der Waals surface area (Å²) in [5.74, 6) is -0.831. The van der Waals surface area contributed by atoms with Gasteiger partial charge in [0.2, 0.25) is 0 Å². The summed E-state index contributed by atoms with van der Waals surface area (Å²) < 4.78 is 24.1. The van der Waals surface area contributed by atoms with Gasteiger partial charge in [-0.1, -0.05) is 37.3 Å². The second-order valence-electron chi connectivity index (χ2n) is 4.56. The van der Waals surface area contributed by atoms with E-state index in [0.717, 1.165) is 11.3 Å². The molecule has 0 fully saturated rings. The van der Waals surface area contributed by atoms with Gasteiger partial charge in [0.05, 0.1) is 10.6 Å². The predicted molar refractivity (Wildman–Crippen MR) is 82.0 cm³/mol. The Morgan fingerprint density at radius 1 is 1.10 bits per heavy atom. The first-order valence-corrected chi connectivity index (χ1v) is 9.00. The Balaban J connectivity index is 2.06. The van der Waals surface area contributed by atoms with E-state index >= 15 is 0 Å². The molecule has 0 atom stereocenters. The summed E-state index contributed by atoms with van der Waals surface area (Å²) in [4.78, 5) is 13.6. The molecule has 0 amide bonds. The van der Waals surface area contributed by atoms with Crippen molar-refractivity contribution in [2.75, 3.05) is 5.75 Å². The summed E-state index contributed by atoms with van der Waals surface area (Å²) in [5.41, 5.74) is 0.709. The van der Waals surface area contributed by atoms with Crippen LogP contribution in [0.2, 0.25) is 0 Å². The lowest BCUT2D eigenvalue weighted by Gasteiger charge is -2.03. The van der Waals surface area contributed by atoms with Crippen molar-refractivity contribution in [1.29, 1.82) is 0 Å². The third-order valence-electron chi connectivity index (χ3n) is 2.87. The Bertz CT molecular complexity index is 685. The topological polar surface area (TPSA) is 51.2 Å². The average Bonchev–Trinajstić information content (AvgIpc) is 2.87. The van der Waals surface area contributed by atoms with Gasteiger partial charge in [-0.15, -0.1) is 11.3 Å².